The maximum atomic E-state index is 12.4. The van der Waals surface area contributed by atoms with Crippen molar-refractivity contribution >= 4 is 17.6 Å². The number of hydrogen-bond acceptors (Lipinski definition) is 2. The van der Waals surface area contributed by atoms with Crippen molar-refractivity contribution in [2.45, 2.75) is 32.6 Å². The van der Waals surface area contributed by atoms with Crippen LogP contribution in [-0.4, -0.2) is 17.0 Å². The molecule has 120 valence electrons. The predicted molar refractivity (Wildman–Crippen MR) is 90.9 cm³/mol. The molecule has 0 aliphatic heterocycles. The van der Waals surface area contributed by atoms with Crippen molar-refractivity contribution in [3.05, 3.63) is 65.2 Å². The minimum absolute atomic E-state index is 0.0191. The number of anilines is 1. The van der Waals surface area contributed by atoms with E-state index in [1.165, 1.54) is 0 Å². The van der Waals surface area contributed by atoms with Gasteiger partial charge in [0, 0.05) is 11.3 Å². The largest absolute Gasteiger partial charge is 0.481 e. The molecule has 0 atom stereocenters. The highest BCUT2D eigenvalue weighted by Gasteiger charge is 2.15. The van der Waals surface area contributed by atoms with Gasteiger partial charge in [-0.05, 0) is 40.8 Å². The third-order valence-corrected chi connectivity index (χ3v) is 3.56. The number of rotatable bonds is 4. The summed E-state index contributed by atoms with van der Waals surface area (Å²) in [6, 6.07) is 14.4. The number of amides is 1. The summed E-state index contributed by atoms with van der Waals surface area (Å²) in [6.07, 6.45) is -0.0259. The van der Waals surface area contributed by atoms with Gasteiger partial charge in [0.15, 0.2) is 0 Å². The minimum atomic E-state index is -0.874. The van der Waals surface area contributed by atoms with E-state index in [1.54, 1.807) is 30.3 Å². The number of carboxylic acids is 1. The Bertz CT molecular complexity index is 712. The molecular formula is C19H21NO3. The second-order valence-corrected chi connectivity index (χ2v) is 6.55. The van der Waals surface area contributed by atoms with Gasteiger partial charge in [-0.25, -0.2) is 0 Å². The van der Waals surface area contributed by atoms with Gasteiger partial charge in [0.2, 0.25) is 0 Å². The Hall–Kier alpha value is -2.62. The first-order valence-electron chi connectivity index (χ1n) is 7.48. The second kappa shape index (κ2) is 6.65. The molecule has 0 spiro atoms. The monoisotopic (exact) mass is 311 g/mol. The van der Waals surface area contributed by atoms with Gasteiger partial charge in [0.05, 0.1) is 6.42 Å². The summed E-state index contributed by atoms with van der Waals surface area (Å²) in [5.74, 6) is -1.05. The van der Waals surface area contributed by atoms with Crippen LogP contribution in [0.4, 0.5) is 5.69 Å². The number of aliphatic carboxylic acids is 1. The average Bonchev–Trinajstić information content (AvgIpc) is 2.48. The highest BCUT2D eigenvalue weighted by atomic mass is 16.4. The molecule has 0 radical (unpaired) electrons. The van der Waals surface area contributed by atoms with Gasteiger partial charge in [-0.1, -0.05) is 45.0 Å². The Morgan fingerprint density at radius 3 is 2.26 bits per heavy atom. The first-order valence-corrected chi connectivity index (χ1v) is 7.48. The standard InChI is InChI=1S/C19H21NO3/c1-19(2,3)15-6-4-5-14(12-15)18(23)20-16-9-7-13(8-10-16)11-17(21)22/h4-10,12H,11H2,1-3H3,(H,20,23)(H,21,22). The van der Waals surface area contributed by atoms with Crippen molar-refractivity contribution in [3.63, 3.8) is 0 Å². The van der Waals surface area contributed by atoms with Crippen LogP contribution in [0, 0.1) is 0 Å². The van der Waals surface area contributed by atoms with Crippen LogP contribution in [0.1, 0.15) is 42.3 Å². The van der Waals surface area contributed by atoms with Crippen LogP contribution in [-0.2, 0) is 16.6 Å². The first-order chi connectivity index (χ1) is 10.8. The number of carboxylic acid groups (broad SMARTS) is 1. The van der Waals surface area contributed by atoms with Crippen molar-refractivity contribution in [2.24, 2.45) is 0 Å². The molecule has 2 N–H and O–H groups in total. The van der Waals surface area contributed by atoms with E-state index in [1.807, 2.05) is 18.2 Å². The van der Waals surface area contributed by atoms with Crippen molar-refractivity contribution in [1.82, 2.24) is 0 Å². The van der Waals surface area contributed by atoms with Crippen molar-refractivity contribution < 1.29 is 14.7 Å². The van der Waals surface area contributed by atoms with E-state index >= 15 is 0 Å². The van der Waals surface area contributed by atoms with Crippen LogP contribution in [0.5, 0.6) is 0 Å². The fourth-order valence-electron chi connectivity index (χ4n) is 2.21. The van der Waals surface area contributed by atoms with Gasteiger partial charge < -0.3 is 10.4 Å². The molecular weight excluding hydrogens is 290 g/mol. The molecule has 4 heteroatoms. The Morgan fingerprint density at radius 2 is 1.70 bits per heavy atom. The van der Waals surface area contributed by atoms with Crippen molar-refractivity contribution in [1.29, 1.82) is 0 Å². The van der Waals surface area contributed by atoms with Gasteiger partial charge >= 0.3 is 5.97 Å². The topological polar surface area (TPSA) is 66.4 Å². The highest BCUT2D eigenvalue weighted by Crippen LogP contribution is 2.23. The van der Waals surface area contributed by atoms with E-state index in [-0.39, 0.29) is 17.7 Å². The molecule has 0 aliphatic rings. The lowest BCUT2D eigenvalue weighted by Crippen LogP contribution is -2.15. The van der Waals surface area contributed by atoms with Gasteiger partial charge in [-0.2, -0.15) is 0 Å². The SMILES string of the molecule is CC(C)(C)c1cccc(C(=O)Nc2ccc(CC(=O)O)cc2)c1. The van der Waals surface area contributed by atoms with Crippen LogP contribution in [0.15, 0.2) is 48.5 Å². The van der Waals surface area contributed by atoms with Gasteiger partial charge in [-0.15, -0.1) is 0 Å². The van der Waals surface area contributed by atoms with E-state index < -0.39 is 5.97 Å². The molecule has 0 saturated heterocycles. The summed E-state index contributed by atoms with van der Waals surface area (Å²) < 4.78 is 0. The van der Waals surface area contributed by atoms with Gasteiger partial charge in [-0.3, -0.25) is 9.59 Å². The molecule has 0 heterocycles. The zero-order valence-corrected chi connectivity index (χ0v) is 13.6. The quantitative estimate of drug-likeness (QED) is 0.901. The maximum Gasteiger partial charge on any atom is 0.307 e. The number of carbonyl (C=O) groups is 2. The first kappa shape index (κ1) is 16.7. The summed E-state index contributed by atoms with van der Waals surface area (Å²) in [6.45, 7) is 6.31. The maximum absolute atomic E-state index is 12.4. The smallest absolute Gasteiger partial charge is 0.307 e. The summed E-state index contributed by atoms with van der Waals surface area (Å²) in [4.78, 5) is 23.0. The average molecular weight is 311 g/mol. The van der Waals surface area contributed by atoms with Crippen LogP contribution in [0.2, 0.25) is 0 Å². The summed E-state index contributed by atoms with van der Waals surface area (Å²) in [5, 5.41) is 11.6. The highest BCUT2D eigenvalue weighted by molar-refractivity contribution is 6.04. The lowest BCUT2D eigenvalue weighted by Gasteiger charge is -2.19. The molecule has 0 unspecified atom stereocenters. The summed E-state index contributed by atoms with van der Waals surface area (Å²) in [7, 11) is 0. The lowest BCUT2D eigenvalue weighted by molar-refractivity contribution is -0.136. The van der Waals surface area contributed by atoms with Crippen molar-refractivity contribution in [2.75, 3.05) is 5.32 Å². The van der Waals surface area contributed by atoms with E-state index in [9.17, 15) is 9.59 Å². The molecule has 0 aromatic heterocycles. The zero-order valence-electron chi connectivity index (χ0n) is 13.6. The molecule has 0 fully saturated rings. The normalized spacial score (nSPS) is 11.1. The van der Waals surface area contributed by atoms with Crippen LogP contribution < -0.4 is 5.32 Å². The fourth-order valence-corrected chi connectivity index (χ4v) is 2.21. The molecule has 0 aliphatic carbocycles. The Labute approximate surface area is 136 Å². The van der Waals surface area contributed by atoms with Crippen LogP contribution in [0.3, 0.4) is 0 Å². The number of nitrogens with one attached hydrogen (secondary N) is 1. The minimum Gasteiger partial charge on any atom is -0.481 e. The third-order valence-electron chi connectivity index (χ3n) is 3.56. The molecule has 23 heavy (non-hydrogen) atoms. The second-order valence-electron chi connectivity index (χ2n) is 6.55. The molecule has 1 amide bonds. The zero-order chi connectivity index (χ0) is 17.0. The molecule has 0 bridgehead atoms. The fraction of sp³-hybridized carbons (Fsp3) is 0.263. The van der Waals surface area contributed by atoms with Crippen molar-refractivity contribution in [3.8, 4) is 0 Å². The lowest BCUT2D eigenvalue weighted by atomic mass is 9.86. The van der Waals surface area contributed by atoms with Crippen LogP contribution >= 0.6 is 0 Å². The predicted octanol–water partition coefficient (Wildman–Crippen LogP) is 3.86. The van der Waals surface area contributed by atoms with E-state index in [2.05, 4.69) is 26.1 Å². The molecule has 2 aromatic carbocycles. The number of carbonyl (C=O) groups excluding carboxylic acids is 1. The van der Waals surface area contributed by atoms with E-state index in [0.29, 0.717) is 16.8 Å². The Kier molecular flexibility index (Phi) is 4.84. The number of hydrogen-bond donors (Lipinski definition) is 2. The van der Waals surface area contributed by atoms with E-state index in [0.717, 1.165) is 5.56 Å². The summed E-state index contributed by atoms with van der Waals surface area (Å²) >= 11 is 0. The Balaban J connectivity index is 2.11. The molecule has 4 nitrogen and oxygen atoms in total. The summed E-state index contributed by atoms with van der Waals surface area (Å²) in [5.41, 5.74) is 3.03. The molecule has 2 aromatic rings. The number of benzene rings is 2. The van der Waals surface area contributed by atoms with Crippen LogP contribution in [0.25, 0.3) is 0 Å². The van der Waals surface area contributed by atoms with Gasteiger partial charge in [0.25, 0.3) is 5.91 Å². The molecule has 0 saturated carbocycles. The van der Waals surface area contributed by atoms with E-state index in [4.69, 9.17) is 5.11 Å². The molecule has 2 rings (SSSR count). The Morgan fingerprint density at radius 1 is 1.04 bits per heavy atom. The van der Waals surface area contributed by atoms with Gasteiger partial charge in [0.1, 0.15) is 0 Å². The third kappa shape index (κ3) is 4.68.